The van der Waals surface area contributed by atoms with Crippen molar-refractivity contribution >= 4 is 5.91 Å². The molecular weight excluding hydrogens is 232 g/mol. The zero-order chi connectivity index (χ0) is 13.1. The van der Waals surface area contributed by atoms with Crippen LogP contribution < -0.4 is 15.2 Å². The molecule has 1 amide bonds. The number of aromatic nitrogens is 1. The van der Waals surface area contributed by atoms with Gasteiger partial charge in [0, 0.05) is 18.0 Å². The Morgan fingerprint density at radius 2 is 1.89 bits per heavy atom. The normalized spacial score (nSPS) is 10.1. The van der Waals surface area contributed by atoms with Crippen LogP contribution in [0.3, 0.4) is 0 Å². The first kappa shape index (κ1) is 12.0. The number of carbonyl (C=O) groups is 1. The molecule has 2 aromatic rings. The highest BCUT2D eigenvalue weighted by atomic mass is 16.5. The first-order valence-corrected chi connectivity index (χ1v) is 5.37. The SMILES string of the molecule is COc1ccc(-n2cccc2C(N)=O)cc1OC. The first-order chi connectivity index (χ1) is 8.67. The van der Waals surface area contributed by atoms with E-state index in [-0.39, 0.29) is 0 Å². The van der Waals surface area contributed by atoms with Gasteiger partial charge < -0.3 is 19.8 Å². The number of methoxy groups -OCH3 is 2. The Morgan fingerprint density at radius 3 is 2.50 bits per heavy atom. The molecule has 1 heterocycles. The maximum atomic E-state index is 11.3. The number of primary amides is 1. The van der Waals surface area contributed by atoms with Gasteiger partial charge in [-0.3, -0.25) is 4.79 Å². The lowest BCUT2D eigenvalue weighted by molar-refractivity contribution is 0.0994. The fraction of sp³-hybridized carbons (Fsp3) is 0.154. The lowest BCUT2D eigenvalue weighted by atomic mass is 10.2. The number of carbonyl (C=O) groups excluding carboxylic acids is 1. The third kappa shape index (κ3) is 2.02. The summed E-state index contributed by atoms with van der Waals surface area (Å²) in [5.41, 5.74) is 6.51. The summed E-state index contributed by atoms with van der Waals surface area (Å²) in [7, 11) is 3.13. The smallest absolute Gasteiger partial charge is 0.265 e. The van der Waals surface area contributed by atoms with Gasteiger partial charge in [-0.25, -0.2) is 0 Å². The summed E-state index contributed by atoms with van der Waals surface area (Å²) in [6.07, 6.45) is 1.77. The van der Waals surface area contributed by atoms with E-state index in [4.69, 9.17) is 15.2 Å². The summed E-state index contributed by atoms with van der Waals surface area (Å²) >= 11 is 0. The first-order valence-electron chi connectivity index (χ1n) is 5.37. The summed E-state index contributed by atoms with van der Waals surface area (Å²) in [5, 5.41) is 0. The van der Waals surface area contributed by atoms with Gasteiger partial charge >= 0.3 is 0 Å². The molecule has 0 spiro atoms. The molecule has 0 fully saturated rings. The molecule has 0 bridgehead atoms. The second-order valence-corrected chi connectivity index (χ2v) is 3.67. The van der Waals surface area contributed by atoms with Gasteiger partial charge in [0.1, 0.15) is 5.69 Å². The molecule has 0 aliphatic rings. The third-order valence-electron chi connectivity index (χ3n) is 2.65. The monoisotopic (exact) mass is 246 g/mol. The predicted molar refractivity (Wildman–Crippen MR) is 67.4 cm³/mol. The topological polar surface area (TPSA) is 66.5 Å². The van der Waals surface area contributed by atoms with Crippen molar-refractivity contribution < 1.29 is 14.3 Å². The predicted octanol–water partition coefficient (Wildman–Crippen LogP) is 1.59. The molecule has 0 aliphatic carbocycles. The van der Waals surface area contributed by atoms with E-state index in [1.54, 1.807) is 49.2 Å². The van der Waals surface area contributed by atoms with Crippen molar-refractivity contribution in [3.8, 4) is 17.2 Å². The Hall–Kier alpha value is -2.43. The van der Waals surface area contributed by atoms with Crippen LogP contribution in [-0.4, -0.2) is 24.7 Å². The molecule has 1 aromatic heterocycles. The van der Waals surface area contributed by atoms with Gasteiger partial charge in [0.2, 0.25) is 0 Å². The number of nitrogens with zero attached hydrogens (tertiary/aromatic N) is 1. The van der Waals surface area contributed by atoms with Gasteiger partial charge in [-0.2, -0.15) is 0 Å². The fourth-order valence-electron chi connectivity index (χ4n) is 1.78. The van der Waals surface area contributed by atoms with Crippen LogP contribution in [0.1, 0.15) is 10.5 Å². The van der Waals surface area contributed by atoms with Crippen LogP contribution in [0.2, 0.25) is 0 Å². The Balaban J connectivity index is 2.51. The van der Waals surface area contributed by atoms with Crippen molar-refractivity contribution in [1.82, 2.24) is 4.57 Å². The van der Waals surface area contributed by atoms with E-state index in [1.165, 1.54) is 0 Å². The van der Waals surface area contributed by atoms with Crippen LogP contribution >= 0.6 is 0 Å². The summed E-state index contributed by atoms with van der Waals surface area (Å²) in [4.78, 5) is 11.3. The quantitative estimate of drug-likeness (QED) is 0.890. The molecule has 0 saturated carbocycles. The van der Waals surface area contributed by atoms with E-state index in [1.807, 2.05) is 6.07 Å². The maximum Gasteiger partial charge on any atom is 0.265 e. The summed E-state index contributed by atoms with van der Waals surface area (Å²) < 4.78 is 12.1. The highest BCUT2D eigenvalue weighted by molar-refractivity contribution is 5.91. The maximum absolute atomic E-state index is 11.3. The van der Waals surface area contributed by atoms with Crippen LogP contribution in [0.4, 0.5) is 0 Å². The summed E-state index contributed by atoms with van der Waals surface area (Å²) in [5.74, 6) is 0.753. The molecule has 0 unspecified atom stereocenters. The van der Waals surface area contributed by atoms with Crippen molar-refractivity contribution in [2.75, 3.05) is 14.2 Å². The standard InChI is InChI=1S/C13H14N2O3/c1-17-11-6-5-9(8-12(11)18-2)15-7-3-4-10(15)13(14)16/h3-8H,1-2H3,(H2,14,16). The molecule has 18 heavy (non-hydrogen) atoms. The molecule has 0 saturated heterocycles. The molecule has 1 aromatic carbocycles. The highest BCUT2D eigenvalue weighted by Gasteiger charge is 2.11. The van der Waals surface area contributed by atoms with E-state index in [9.17, 15) is 4.79 Å². The van der Waals surface area contributed by atoms with Crippen molar-refractivity contribution in [2.24, 2.45) is 5.73 Å². The van der Waals surface area contributed by atoms with E-state index in [0.717, 1.165) is 5.69 Å². The van der Waals surface area contributed by atoms with Gasteiger partial charge in [-0.15, -0.1) is 0 Å². The number of nitrogens with two attached hydrogens (primary N) is 1. The van der Waals surface area contributed by atoms with Crippen molar-refractivity contribution in [2.45, 2.75) is 0 Å². The van der Waals surface area contributed by atoms with Crippen LogP contribution in [0.5, 0.6) is 11.5 Å². The largest absolute Gasteiger partial charge is 0.493 e. The molecule has 0 atom stereocenters. The molecule has 94 valence electrons. The Labute approximate surface area is 105 Å². The Morgan fingerprint density at radius 1 is 1.17 bits per heavy atom. The lowest BCUT2D eigenvalue weighted by Crippen LogP contribution is -2.15. The molecule has 2 N–H and O–H groups in total. The van der Waals surface area contributed by atoms with Crippen LogP contribution in [-0.2, 0) is 0 Å². The van der Waals surface area contributed by atoms with Crippen molar-refractivity contribution in [1.29, 1.82) is 0 Å². The van der Waals surface area contributed by atoms with Crippen LogP contribution in [0, 0.1) is 0 Å². The fourth-order valence-corrected chi connectivity index (χ4v) is 1.78. The average Bonchev–Trinajstić information content (AvgIpc) is 2.87. The van der Waals surface area contributed by atoms with Gasteiger partial charge in [-0.1, -0.05) is 0 Å². The molecule has 2 rings (SSSR count). The van der Waals surface area contributed by atoms with Gasteiger partial charge in [0.15, 0.2) is 11.5 Å². The van der Waals surface area contributed by atoms with Crippen molar-refractivity contribution in [3.63, 3.8) is 0 Å². The Kier molecular flexibility index (Phi) is 3.23. The zero-order valence-corrected chi connectivity index (χ0v) is 10.2. The summed E-state index contributed by atoms with van der Waals surface area (Å²) in [6.45, 7) is 0. The van der Waals surface area contributed by atoms with E-state index in [0.29, 0.717) is 17.2 Å². The summed E-state index contributed by atoms with van der Waals surface area (Å²) in [6, 6.07) is 8.81. The minimum Gasteiger partial charge on any atom is -0.493 e. The minimum atomic E-state index is -0.477. The average molecular weight is 246 g/mol. The van der Waals surface area contributed by atoms with Gasteiger partial charge in [0.25, 0.3) is 5.91 Å². The molecular formula is C13H14N2O3. The van der Waals surface area contributed by atoms with Crippen molar-refractivity contribution in [3.05, 3.63) is 42.2 Å². The Bertz CT molecular complexity index is 575. The number of benzene rings is 1. The van der Waals surface area contributed by atoms with E-state index >= 15 is 0 Å². The van der Waals surface area contributed by atoms with Crippen LogP contribution in [0.15, 0.2) is 36.5 Å². The van der Waals surface area contributed by atoms with Crippen LogP contribution in [0.25, 0.3) is 5.69 Å². The number of hydrogen-bond donors (Lipinski definition) is 1. The zero-order valence-electron chi connectivity index (χ0n) is 10.2. The second-order valence-electron chi connectivity index (χ2n) is 3.67. The minimum absolute atomic E-state index is 0.419. The number of hydrogen-bond acceptors (Lipinski definition) is 3. The molecule has 0 aliphatic heterocycles. The van der Waals surface area contributed by atoms with Gasteiger partial charge in [0.05, 0.1) is 14.2 Å². The van der Waals surface area contributed by atoms with Gasteiger partial charge in [-0.05, 0) is 24.3 Å². The molecule has 5 nitrogen and oxygen atoms in total. The third-order valence-corrected chi connectivity index (χ3v) is 2.65. The highest BCUT2D eigenvalue weighted by Crippen LogP contribution is 2.29. The molecule has 0 radical (unpaired) electrons. The van der Waals surface area contributed by atoms with E-state index < -0.39 is 5.91 Å². The number of amides is 1. The lowest BCUT2D eigenvalue weighted by Gasteiger charge is -2.11. The second kappa shape index (κ2) is 4.83. The molecule has 5 heteroatoms. The van der Waals surface area contributed by atoms with E-state index in [2.05, 4.69) is 0 Å². The number of rotatable bonds is 4. The number of ether oxygens (including phenoxy) is 2.